The van der Waals surface area contributed by atoms with Crippen LogP contribution in [0.15, 0.2) is 48.5 Å². The zero-order valence-corrected chi connectivity index (χ0v) is 13.8. The highest BCUT2D eigenvalue weighted by molar-refractivity contribution is 5.94. The van der Waals surface area contributed by atoms with Crippen LogP contribution in [-0.4, -0.2) is 10.9 Å². The van der Waals surface area contributed by atoms with Crippen molar-refractivity contribution in [2.75, 3.05) is 0 Å². The number of H-pyrrole nitrogens is 1. The lowest BCUT2D eigenvalue weighted by Crippen LogP contribution is -2.41. The minimum absolute atomic E-state index is 0.193. The molecule has 0 aliphatic carbocycles. The number of imidazole rings is 1. The van der Waals surface area contributed by atoms with E-state index in [-0.39, 0.29) is 17.8 Å². The summed E-state index contributed by atoms with van der Waals surface area (Å²) in [5.41, 5.74) is 2.61. The van der Waals surface area contributed by atoms with Gasteiger partial charge in [-0.1, -0.05) is 19.1 Å². The number of carbonyl (C=O) groups excluding carboxylic acids is 1. The van der Waals surface area contributed by atoms with Crippen molar-refractivity contribution in [1.29, 1.82) is 0 Å². The first-order valence-electron chi connectivity index (χ1n) is 8.17. The predicted octanol–water partition coefficient (Wildman–Crippen LogP) is 3.50. The Morgan fingerprint density at radius 2 is 1.92 bits per heavy atom. The number of halogens is 1. The van der Waals surface area contributed by atoms with Gasteiger partial charge < -0.3 is 5.32 Å². The average Bonchev–Trinajstić information content (AvgIpc) is 2.95. The van der Waals surface area contributed by atoms with E-state index in [1.54, 1.807) is 0 Å². The Morgan fingerprint density at radius 3 is 2.62 bits per heavy atom. The molecule has 24 heavy (non-hydrogen) atoms. The molecule has 1 unspecified atom stereocenters. The number of aromatic amines is 1. The Balaban J connectivity index is 1.87. The fraction of sp³-hybridized carbons (Fsp3) is 0.263. The summed E-state index contributed by atoms with van der Waals surface area (Å²) in [4.78, 5) is 15.8. The van der Waals surface area contributed by atoms with Crippen molar-refractivity contribution in [3.8, 4) is 0 Å². The van der Waals surface area contributed by atoms with E-state index in [9.17, 15) is 9.18 Å². The number of amides is 1. The highest BCUT2D eigenvalue weighted by Gasteiger charge is 2.24. The fourth-order valence-corrected chi connectivity index (χ4v) is 2.91. The van der Waals surface area contributed by atoms with Gasteiger partial charge in [-0.3, -0.25) is 4.79 Å². The minimum atomic E-state index is -0.351. The molecular weight excluding hydrogens is 305 g/mol. The molecule has 124 valence electrons. The van der Waals surface area contributed by atoms with E-state index in [1.807, 2.05) is 25.1 Å². The molecule has 2 aromatic carbocycles. The molecule has 3 rings (SSSR count). The maximum atomic E-state index is 13.0. The van der Waals surface area contributed by atoms with Gasteiger partial charge in [0, 0.05) is 5.56 Å². The van der Waals surface area contributed by atoms with Gasteiger partial charge in [0.25, 0.3) is 11.7 Å². The van der Waals surface area contributed by atoms with E-state index in [2.05, 4.69) is 27.9 Å². The van der Waals surface area contributed by atoms with Gasteiger partial charge in [-0.2, -0.15) is 0 Å². The quantitative estimate of drug-likeness (QED) is 0.693. The third kappa shape index (κ3) is 3.15. The lowest BCUT2D eigenvalue weighted by atomic mass is 10.2. The molecule has 2 N–H and O–H groups in total. The molecule has 1 heterocycles. The van der Waals surface area contributed by atoms with Crippen LogP contribution in [-0.2, 0) is 6.54 Å². The molecule has 5 heteroatoms. The number of aromatic nitrogens is 2. The monoisotopic (exact) mass is 326 g/mol. The van der Waals surface area contributed by atoms with E-state index in [0.29, 0.717) is 5.56 Å². The molecule has 0 fully saturated rings. The largest absolute Gasteiger partial charge is 0.338 e. The van der Waals surface area contributed by atoms with E-state index in [1.165, 1.54) is 24.3 Å². The number of para-hydroxylation sites is 2. The number of aryl methyl sites for hydroxylation is 1. The number of nitrogens with zero attached hydrogens (tertiary/aromatic N) is 1. The topological polar surface area (TPSA) is 48.8 Å². The molecule has 0 spiro atoms. The molecule has 0 aliphatic heterocycles. The van der Waals surface area contributed by atoms with Crippen LogP contribution in [0.25, 0.3) is 11.0 Å². The first-order chi connectivity index (χ1) is 11.6. The van der Waals surface area contributed by atoms with Gasteiger partial charge in [-0.05, 0) is 49.7 Å². The van der Waals surface area contributed by atoms with Crippen LogP contribution in [0.4, 0.5) is 4.39 Å². The molecule has 1 aromatic heterocycles. The molecule has 3 aromatic rings. The van der Waals surface area contributed by atoms with Gasteiger partial charge >= 0.3 is 0 Å². The Kier molecular flexibility index (Phi) is 4.60. The Morgan fingerprint density at radius 1 is 1.21 bits per heavy atom. The van der Waals surface area contributed by atoms with Crippen molar-refractivity contribution < 1.29 is 13.8 Å². The predicted molar refractivity (Wildman–Crippen MR) is 91.1 cm³/mol. The second kappa shape index (κ2) is 6.83. The number of benzene rings is 2. The van der Waals surface area contributed by atoms with Crippen LogP contribution in [0.2, 0.25) is 0 Å². The Labute approximate surface area is 140 Å². The number of rotatable bonds is 5. The molecule has 4 nitrogen and oxygen atoms in total. The molecule has 1 atom stereocenters. The van der Waals surface area contributed by atoms with Gasteiger partial charge in [0.2, 0.25) is 0 Å². The van der Waals surface area contributed by atoms with Gasteiger partial charge in [-0.25, -0.2) is 13.9 Å². The van der Waals surface area contributed by atoms with Gasteiger partial charge in [0.15, 0.2) is 11.0 Å². The smallest absolute Gasteiger partial charge is 0.277 e. The summed E-state index contributed by atoms with van der Waals surface area (Å²) >= 11 is 0. The van der Waals surface area contributed by atoms with Crippen LogP contribution in [0.1, 0.15) is 42.5 Å². The summed E-state index contributed by atoms with van der Waals surface area (Å²) in [5, 5.41) is 2.98. The van der Waals surface area contributed by atoms with Crippen molar-refractivity contribution in [3.05, 3.63) is 65.7 Å². The summed E-state index contributed by atoms with van der Waals surface area (Å²) in [6.07, 6.45) is 0.998. The number of nitrogens with one attached hydrogen (secondary N) is 2. The van der Waals surface area contributed by atoms with E-state index in [0.717, 1.165) is 29.8 Å². The van der Waals surface area contributed by atoms with E-state index in [4.69, 9.17) is 0 Å². The number of hydrogen-bond acceptors (Lipinski definition) is 1. The molecule has 0 radical (unpaired) electrons. The number of carbonyl (C=O) groups is 1. The van der Waals surface area contributed by atoms with E-state index < -0.39 is 0 Å². The van der Waals surface area contributed by atoms with Crippen molar-refractivity contribution in [2.45, 2.75) is 32.9 Å². The Hall–Kier alpha value is -2.69. The van der Waals surface area contributed by atoms with E-state index >= 15 is 0 Å². The summed E-state index contributed by atoms with van der Waals surface area (Å²) < 4.78 is 15.2. The summed E-state index contributed by atoms with van der Waals surface area (Å²) in [7, 11) is 0. The van der Waals surface area contributed by atoms with Gasteiger partial charge in [0.1, 0.15) is 11.9 Å². The number of hydrogen-bond donors (Lipinski definition) is 2. The third-order valence-electron chi connectivity index (χ3n) is 4.06. The lowest BCUT2D eigenvalue weighted by Gasteiger charge is -2.11. The van der Waals surface area contributed by atoms with Gasteiger partial charge in [-0.15, -0.1) is 0 Å². The highest BCUT2D eigenvalue weighted by Crippen LogP contribution is 2.15. The molecule has 0 aliphatic rings. The second-order valence-electron chi connectivity index (χ2n) is 5.88. The minimum Gasteiger partial charge on any atom is -0.338 e. The fourth-order valence-electron chi connectivity index (χ4n) is 2.91. The molecule has 0 saturated carbocycles. The summed E-state index contributed by atoms with van der Waals surface area (Å²) in [6, 6.07) is 13.5. The molecule has 1 amide bonds. The van der Waals surface area contributed by atoms with Crippen molar-refractivity contribution in [3.63, 3.8) is 0 Å². The van der Waals surface area contributed by atoms with Crippen molar-refractivity contribution >= 4 is 16.9 Å². The first kappa shape index (κ1) is 16.2. The highest BCUT2D eigenvalue weighted by atomic mass is 19.1. The second-order valence-corrected chi connectivity index (χ2v) is 5.88. The average molecular weight is 326 g/mol. The zero-order chi connectivity index (χ0) is 17.1. The van der Waals surface area contributed by atoms with Crippen molar-refractivity contribution in [2.24, 2.45) is 0 Å². The maximum absolute atomic E-state index is 13.0. The number of fused-ring (bicyclic) bond motifs is 1. The lowest BCUT2D eigenvalue weighted by molar-refractivity contribution is -0.680. The van der Waals surface area contributed by atoms with Crippen LogP contribution in [0, 0.1) is 5.82 Å². The van der Waals surface area contributed by atoms with Gasteiger partial charge in [0.05, 0.1) is 6.54 Å². The molecular formula is C19H21FN3O+. The standard InChI is InChI=1S/C19H20FN3O/c1-3-12-23-17-7-5-4-6-16(17)22-18(23)13(2)21-19(24)14-8-10-15(20)11-9-14/h4-11,13H,3,12H2,1-2H3,(H,21,24)/p+1. The summed E-state index contributed by atoms with van der Waals surface area (Å²) in [5.74, 6) is 0.383. The zero-order valence-electron chi connectivity index (χ0n) is 13.8. The summed E-state index contributed by atoms with van der Waals surface area (Å²) in [6.45, 7) is 4.94. The molecule has 0 bridgehead atoms. The SMILES string of the molecule is CCC[n+]1c(C(C)NC(=O)c2ccc(F)cc2)[nH]c2ccccc21. The maximum Gasteiger partial charge on any atom is 0.277 e. The third-order valence-corrected chi connectivity index (χ3v) is 4.06. The normalized spacial score (nSPS) is 12.3. The Bertz CT molecular complexity index is 855. The van der Waals surface area contributed by atoms with Crippen LogP contribution in [0.5, 0.6) is 0 Å². The molecule has 0 saturated heterocycles. The van der Waals surface area contributed by atoms with Crippen LogP contribution < -0.4 is 9.88 Å². The van der Waals surface area contributed by atoms with Crippen LogP contribution in [0.3, 0.4) is 0 Å². The van der Waals surface area contributed by atoms with Crippen molar-refractivity contribution in [1.82, 2.24) is 10.3 Å². The first-order valence-corrected chi connectivity index (χ1v) is 8.17. The van der Waals surface area contributed by atoms with Crippen LogP contribution >= 0.6 is 0 Å².